The summed E-state index contributed by atoms with van der Waals surface area (Å²) in [7, 11) is -0.166. The van der Waals surface area contributed by atoms with Crippen molar-refractivity contribution in [1.82, 2.24) is 0 Å². The van der Waals surface area contributed by atoms with Crippen molar-refractivity contribution < 1.29 is 17.7 Å². The first kappa shape index (κ1) is 18.5. The fourth-order valence-electron chi connectivity index (χ4n) is 1.89. The molecule has 128 valence electrons. The third kappa shape index (κ3) is 5.11. The lowest BCUT2D eigenvalue weighted by molar-refractivity contribution is 0.175. The number of hydrogen-bond acceptors (Lipinski definition) is 3. The van der Waals surface area contributed by atoms with Crippen LogP contribution in [-0.2, 0) is 10.8 Å². The number of halogens is 3. The van der Waals surface area contributed by atoms with Crippen molar-refractivity contribution in [3.8, 4) is 5.75 Å². The number of hydrogen-bond donors (Lipinski definition) is 0. The van der Waals surface area contributed by atoms with Crippen LogP contribution in [0.15, 0.2) is 58.4 Å². The maximum absolute atomic E-state index is 13.6. The molecule has 0 aliphatic carbocycles. The highest BCUT2D eigenvalue weighted by molar-refractivity contribution is 7.85. The SMILES string of the molecule is COc1ccc(N=C(C[S@](=O)c2ccc(C)cc2)C(F)(F)Cl)cc1. The van der Waals surface area contributed by atoms with Gasteiger partial charge in [0, 0.05) is 4.90 Å². The smallest absolute Gasteiger partial charge is 0.361 e. The summed E-state index contributed by atoms with van der Waals surface area (Å²) >= 11 is 5.14. The van der Waals surface area contributed by atoms with Gasteiger partial charge in [0.1, 0.15) is 11.5 Å². The average molecular weight is 372 g/mol. The summed E-state index contributed by atoms with van der Waals surface area (Å²) in [6.07, 6.45) is 0. The van der Waals surface area contributed by atoms with Crippen LogP contribution in [0.4, 0.5) is 14.5 Å². The Morgan fingerprint density at radius 3 is 2.25 bits per heavy atom. The number of ether oxygens (including phenoxy) is 1. The number of rotatable bonds is 6. The molecule has 3 nitrogen and oxygen atoms in total. The van der Waals surface area contributed by atoms with E-state index in [1.165, 1.54) is 19.2 Å². The molecular formula is C17H16ClF2NO2S. The van der Waals surface area contributed by atoms with Gasteiger partial charge >= 0.3 is 5.38 Å². The van der Waals surface area contributed by atoms with E-state index in [2.05, 4.69) is 4.99 Å². The highest BCUT2D eigenvalue weighted by Gasteiger charge is 2.34. The molecule has 0 aliphatic rings. The Labute approximate surface area is 146 Å². The lowest BCUT2D eigenvalue weighted by Crippen LogP contribution is -2.27. The topological polar surface area (TPSA) is 38.7 Å². The van der Waals surface area contributed by atoms with Gasteiger partial charge < -0.3 is 4.74 Å². The zero-order valence-electron chi connectivity index (χ0n) is 13.1. The van der Waals surface area contributed by atoms with E-state index in [0.717, 1.165) is 5.56 Å². The third-order valence-electron chi connectivity index (χ3n) is 3.22. The van der Waals surface area contributed by atoms with Crippen LogP contribution in [-0.4, -0.2) is 28.2 Å². The summed E-state index contributed by atoms with van der Waals surface area (Å²) in [5.41, 5.74) is 0.630. The van der Waals surface area contributed by atoms with Gasteiger partial charge in [-0.25, -0.2) is 4.99 Å². The van der Waals surface area contributed by atoms with Crippen molar-refractivity contribution in [3.05, 3.63) is 54.1 Å². The molecule has 7 heteroatoms. The van der Waals surface area contributed by atoms with Crippen molar-refractivity contribution in [2.75, 3.05) is 12.9 Å². The van der Waals surface area contributed by atoms with Crippen LogP contribution in [0.5, 0.6) is 5.75 Å². The van der Waals surface area contributed by atoms with Crippen molar-refractivity contribution >= 4 is 33.8 Å². The van der Waals surface area contributed by atoms with E-state index in [1.54, 1.807) is 36.4 Å². The molecule has 0 aromatic heterocycles. The number of aliphatic imine (C=N–C) groups is 1. The summed E-state index contributed by atoms with van der Waals surface area (Å²) in [5.74, 6) is 0.127. The van der Waals surface area contributed by atoms with Crippen LogP contribution < -0.4 is 4.74 Å². The van der Waals surface area contributed by atoms with Crippen molar-refractivity contribution in [2.45, 2.75) is 17.2 Å². The Kier molecular flexibility index (Phi) is 6.07. The predicted molar refractivity (Wildman–Crippen MR) is 93.3 cm³/mol. The highest BCUT2D eigenvalue weighted by atomic mass is 35.5. The summed E-state index contributed by atoms with van der Waals surface area (Å²) in [5, 5.41) is -3.68. The molecule has 0 unspecified atom stereocenters. The molecule has 0 saturated carbocycles. The van der Waals surface area contributed by atoms with Gasteiger partial charge in [-0.3, -0.25) is 4.21 Å². The lowest BCUT2D eigenvalue weighted by Gasteiger charge is -2.12. The summed E-state index contributed by atoms with van der Waals surface area (Å²) < 4.78 is 44.6. The normalized spacial score (nSPS) is 13.6. The number of nitrogens with zero attached hydrogens (tertiary/aromatic N) is 1. The lowest BCUT2D eigenvalue weighted by atomic mass is 10.2. The van der Waals surface area contributed by atoms with Crippen LogP contribution in [0.3, 0.4) is 0 Å². The quantitative estimate of drug-likeness (QED) is 0.544. The third-order valence-corrected chi connectivity index (χ3v) is 4.77. The van der Waals surface area contributed by atoms with Gasteiger partial charge in [0.25, 0.3) is 0 Å². The van der Waals surface area contributed by atoms with E-state index in [-0.39, 0.29) is 5.69 Å². The maximum atomic E-state index is 13.6. The number of methoxy groups -OCH3 is 1. The monoisotopic (exact) mass is 371 g/mol. The van der Waals surface area contributed by atoms with Gasteiger partial charge in [0.2, 0.25) is 0 Å². The number of alkyl halides is 3. The van der Waals surface area contributed by atoms with Crippen LogP contribution in [0.2, 0.25) is 0 Å². The molecule has 0 spiro atoms. The first-order valence-electron chi connectivity index (χ1n) is 7.03. The molecular weight excluding hydrogens is 356 g/mol. The van der Waals surface area contributed by atoms with Gasteiger partial charge in [-0.2, -0.15) is 8.78 Å². The van der Waals surface area contributed by atoms with Crippen molar-refractivity contribution in [1.29, 1.82) is 0 Å². The molecule has 0 bridgehead atoms. The van der Waals surface area contributed by atoms with Gasteiger partial charge in [-0.1, -0.05) is 17.7 Å². The second-order valence-corrected chi connectivity index (χ2v) is 6.98. The molecule has 0 fully saturated rings. The molecule has 0 heterocycles. The van der Waals surface area contributed by atoms with Gasteiger partial charge in [-0.15, -0.1) is 0 Å². The molecule has 0 aliphatic heterocycles. The second kappa shape index (κ2) is 7.85. The summed E-state index contributed by atoms with van der Waals surface area (Å²) in [6.45, 7) is 1.89. The molecule has 0 radical (unpaired) electrons. The molecule has 0 N–H and O–H groups in total. The zero-order chi connectivity index (χ0) is 17.7. The Balaban J connectivity index is 2.26. The minimum Gasteiger partial charge on any atom is -0.497 e. The Hall–Kier alpha value is -1.79. The number of aryl methyl sites for hydroxylation is 1. The number of benzene rings is 2. The summed E-state index contributed by atoms with van der Waals surface area (Å²) in [6, 6.07) is 13.1. The van der Waals surface area contributed by atoms with E-state index in [4.69, 9.17) is 16.3 Å². The van der Waals surface area contributed by atoms with Crippen molar-refractivity contribution in [3.63, 3.8) is 0 Å². The average Bonchev–Trinajstić information content (AvgIpc) is 2.54. The van der Waals surface area contributed by atoms with E-state index in [0.29, 0.717) is 10.6 Å². The standard InChI is InChI=1S/C17H16ClF2NO2S/c1-12-3-9-15(10-4-12)24(22)11-16(17(18,19)20)21-13-5-7-14(23-2)8-6-13/h3-10H,11H2,1-2H3/t24-/m0/s1. The highest BCUT2D eigenvalue weighted by Crippen LogP contribution is 2.26. The Bertz CT molecular complexity index is 741. The summed E-state index contributed by atoms with van der Waals surface area (Å²) in [4.78, 5) is 4.32. The predicted octanol–water partition coefficient (Wildman–Crippen LogP) is 4.72. The van der Waals surface area contributed by atoms with E-state index in [1.807, 2.05) is 6.92 Å². The maximum Gasteiger partial charge on any atom is 0.361 e. The Morgan fingerprint density at radius 2 is 1.75 bits per heavy atom. The van der Waals surface area contributed by atoms with Gasteiger partial charge in [-0.05, 0) is 54.9 Å². The minimum absolute atomic E-state index is 0.284. The van der Waals surface area contributed by atoms with Gasteiger partial charge in [0.05, 0.1) is 29.3 Å². The van der Waals surface area contributed by atoms with Crippen LogP contribution >= 0.6 is 11.6 Å². The zero-order valence-corrected chi connectivity index (χ0v) is 14.7. The molecule has 2 rings (SSSR count). The van der Waals surface area contributed by atoms with Crippen LogP contribution in [0.25, 0.3) is 0 Å². The fraction of sp³-hybridized carbons (Fsp3) is 0.235. The van der Waals surface area contributed by atoms with Crippen LogP contribution in [0.1, 0.15) is 5.56 Å². The molecule has 0 amide bonds. The van der Waals surface area contributed by atoms with E-state index in [9.17, 15) is 13.0 Å². The van der Waals surface area contributed by atoms with E-state index < -0.39 is 27.6 Å². The molecule has 2 aromatic carbocycles. The fourth-order valence-corrected chi connectivity index (χ4v) is 3.18. The molecule has 2 aromatic rings. The first-order valence-corrected chi connectivity index (χ1v) is 8.73. The van der Waals surface area contributed by atoms with Crippen molar-refractivity contribution in [2.24, 2.45) is 4.99 Å². The first-order chi connectivity index (χ1) is 11.3. The molecule has 1 atom stereocenters. The van der Waals surface area contributed by atoms with Crippen LogP contribution in [0, 0.1) is 6.92 Å². The Morgan fingerprint density at radius 1 is 1.17 bits per heavy atom. The molecule has 24 heavy (non-hydrogen) atoms. The molecule has 0 saturated heterocycles. The largest absolute Gasteiger partial charge is 0.497 e. The minimum atomic E-state index is -3.68. The van der Waals surface area contributed by atoms with Gasteiger partial charge in [0.15, 0.2) is 0 Å². The van der Waals surface area contributed by atoms with E-state index >= 15 is 0 Å². The second-order valence-electron chi connectivity index (χ2n) is 5.06.